The molecule has 0 aliphatic heterocycles. The Bertz CT molecular complexity index is 411. The Kier molecular flexibility index (Phi) is 4.06. The lowest BCUT2D eigenvalue weighted by atomic mass is 10.1. The van der Waals surface area contributed by atoms with Gasteiger partial charge in [-0.15, -0.1) is 11.3 Å². The zero-order chi connectivity index (χ0) is 12.3. The minimum absolute atomic E-state index is 0.155. The summed E-state index contributed by atoms with van der Waals surface area (Å²) in [4.78, 5) is 24.3. The second kappa shape index (κ2) is 5.12. The van der Waals surface area contributed by atoms with Crippen molar-refractivity contribution in [2.45, 2.75) is 20.8 Å². The van der Waals surface area contributed by atoms with E-state index in [1.54, 1.807) is 18.3 Å². The van der Waals surface area contributed by atoms with Crippen molar-refractivity contribution in [3.8, 4) is 0 Å². The number of nitrogens with one attached hydrogen (secondary N) is 1. The van der Waals surface area contributed by atoms with E-state index in [2.05, 4.69) is 5.32 Å². The minimum Gasteiger partial charge on any atom is -0.481 e. The number of carbonyl (C=O) groups excluding carboxylic acids is 1. The number of hydrogen-bond acceptors (Lipinski definition) is 3. The van der Waals surface area contributed by atoms with Crippen LogP contribution in [0.3, 0.4) is 0 Å². The Balaban J connectivity index is 2.60. The van der Waals surface area contributed by atoms with E-state index in [9.17, 15) is 9.59 Å². The van der Waals surface area contributed by atoms with Crippen LogP contribution in [0.2, 0.25) is 0 Å². The summed E-state index contributed by atoms with van der Waals surface area (Å²) in [5.74, 6) is -1.67. The van der Waals surface area contributed by atoms with Crippen LogP contribution in [0.25, 0.3) is 0 Å². The molecule has 88 valence electrons. The van der Waals surface area contributed by atoms with Crippen molar-refractivity contribution in [3.63, 3.8) is 0 Å². The zero-order valence-corrected chi connectivity index (χ0v) is 10.4. The van der Waals surface area contributed by atoms with Gasteiger partial charge in [0.1, 0.15) is 0 Å². The predicted molar refractivity (Wildman–Crippen MR) is 62.9 cm³/mol. The van der Waals surface area contributed by atoms with Crippen molar-refractivity contribution in [1.29, 1.82) is 0 Å². The van der Waals surface area contributed by atoms with Crippen LogP contribution in [0.4, 0.5) is 0 Å². The third-order valence-corrected chi connectivity index (χ3v) is 3.24. The molecule has 0 radical (unpaired) electrons. The lowest BCUT2D eigenvalue weighted by Gasteiger charge is -2.07. The van der Waals surface area contributed by atoms with Crippen molar-refractivity contribution in [3.05, 3.63) is 21.4 Å². The smallest absolute Gasteiger partial charge is 0.308 e. The first-order valence-electron chi connectivity index (χ1n) is 5.00. The van der Waals surface area contributed by atoms with Gasteiger partial charge in [-0.2, -0.15) is 0 Å². The van der Waals surface area contributed by atoms with Crippen LogP contribution >= 0.6 is 11.3 Å². The van der Waals surface area contributed by atoms with Crippen molar-refractivity contribution in [2.75, 3.05) is 6.54 Å². The molecule has 1 atom stereocenters. The molecule has 16 heavy (non-hydrogen) atoms. The fourth-order valence-electron chi connectivity index (χ4n) is 1.28. The molecule has 0 fully saturated rings. The molecule has 1 rings (SSSR count). The third-order valence-electron chi connectivity index (χ3n) is 2.28. The molecule has 1 aromatic heterocycles. The Morgan fingerprint density at radius 1 is 1.50 bits per heavy atom. The van der Waals surface area contributed by atoms with Gasteiger partial charge in [-0.05, 0) is 19.9 Å². The Morgan fingerprint density at radius 3 is 2.56 bits per heavy atom. The molecule has 0 spiro atoms. The van der Waals surface area contributed by atoms with Crippen LogP contribution < -0.4 is 5.32 Å². The number of carboxylic acid groups (broad SMARTS) is 1. The highest BCUT2D eigenvalue weighted by Crippen LogP contribution is 2.20. The highest BCUT2D eigenvalue weighted by molar-refractivity contribution is 7.12. The average molecular weight is 241 g/mol. The first-order valence-corrected chi connectivity index (χ1v) is 5.81. The van der Waals surface area contributed by atoms with E-state index in [1.807, 2.05) is 19.9 Å². The van der Waals surface area contributed by atoms with Gasteiger partial charge in [-0.25, -0.2) is 0 Å². The molecule has 1 heterocycles. The second-order valence-electron chi connectivity index (χ2n) is 3.78. The quantitative estimate of drug-likeness (QED) is 0.845. The van der Waals surface area contributed by atoms with Crippen LogP contribution in [0, 0.1) is 19.8 Å². The molecule has 0 saturated carbocycles. The van der Waals surface area contributed by atoms with E-state index < -0.39 is 11.9 Å². The third kappa shape index (κ3) is 3.06. The van der Waals surface area contributed by atoms with Crippen LogP contribution in [-0.2, 0) is 4.79 Å². The number of amides is 1. The van der Waals surface area contributed by atoms with Gasteiger partial charge in [-0.3, -0.25) is 9.59 Å². The molecule has 5 heteroatoms. The van der Waals surface area contributed by atoms with Crippen molar-refractivity contribution in [1.82, 2.24) is 5.32 Å². The number of thiophene rings is 1. The van der Waals surface area contributed by atoms with E-state index in [0.717, 1.165) is 9.75 Å². The van der Waals surface area contributed by atoms with Crippen LogP contribution in [0.1, 0.15) is 27.0 Å². The summed E-state index contributed by atoms with van der Waals surface area (Å²) in [6.07, 6.45) is 0. The average Bonchev–Trinajstić information content (AvgIpc) is 2.53. The molecule has 1 amide bonds. The second-order valence-corrected chi connectivity index (χ2v) is 5.24. The lowest BCUT2D eigenvalue weighted by molar-refractivity contribution is -0.140. The SMILES string of the molecule is Cc1cc(C(=O)NC[C@H](C)C(=O)O)c(C)s1. The number of aliphatic carboxylic acids is 1. The number of aryl methyl sites for hydroxylation is 2. The molecule has 1 aromatic rings. The van der Waals surface area contributed by atoms with E-state index in [-0.39, 0.29) is 12.5 Å². The van der Waals surface area contributed by atoms with Crippen LogP contribution in [0.15, 0.2) is 6.07 Å². The zero-order valence-electron chi connectivity index (χ0n) is 9.53. The van der Waals surface area contributed by atoms with Gasteiger partial charge in [0.2, 0.25) is 0 Å². The first-order chi connectivity index (χ1) is 7.41. The normalized spacial score (nSPS) is 12.2. The van der Waals surface area contributed by atoms with E-state index in [4.69, 9.17) is 5.11 Å². The van der Waals surface area contributed by atoms with Crippen molar-refractivity contribution in [2.24, 2.45) is 5.92 Å². The monoisotopic (exact) mass is 241 g/mol. The minimum atomic E-state index is -0.904. The molecular weight excluding hydrogens is 226 g/mol. The summed E-state index contributed by atoms with van der Waals surface area (Å²) in [5.41, 5.74) is 0.639. The van der Waals surface area contributed by atoms with Gasteiger partial charge < -0.3 is 10.4 Å². The maximum Gasteiger partial charge on any atom is 0.308 e. The van der Waals surface area contributed by atoms with Crippen molar-refractivity contribution < 1.29 is 14.7 Å². The van der Waals surface area contributed by atoms with Gasteiger partial charge in [0.15, 0.2) is 0 Å². The summed E-state index contributed by atoms with van der Waals surface area (Å²) in [6.45, 7) is 5.54. The van der Waals surface area contributed by atoms with E-state index in [1.165, 1.54) is 0 Å². The number of carbonyl (C=O) groups is 2. The molecule has 0 bridgehead atoms. The topological polar surface area (TPSA) is 66.4 Å². The fourth-order valence-corrected chi connectivity index (χ4v) is 2.21. The summed E-state index contributed by atoms with van der Waals surface area (Å²) in [7, 11) is 0. The molecule has 0 saturated heterocycles. The highest BCUT2D eigenvalue weighted by atomic mass is 32.1. The highest BCUT2D eigenvalue weighted by Gasteiger charge is 2.15. The standard InChI is InChI=1S/C11H15NO3S/c1-6(11(14)15)5-12-10(13)9-4-7(2)16-8(9)3/h4,6H,5H2,1-3H3,(H,12,13)(H,14,15)/t6-/m0/s1. The lowest BCUT2D eigenvalue weighted by Crippen LogP contribution is -2.31. The Morgan fingerprint density at radius 2 is 2.12 bits per heavy atom. The maximum absolute atomic E-state index is 11.7. The molecule has 4 nitrogen and oxygen atoms in total. The predicted octanol–water partition coefficient (Wildman–Crippen LogP) is 1.82. The molecular formula is C11H15NO3S. The van der Waals surface area contributed by atoms with E-state index >= 15 is 0 Å². The summed E-state index contributed by atoms with van der Waals surface area (Å²) < 4.78 is 0. The Labute approximate surface area is 98.3 Å². The van der Waals surface area contributed by atoms with Gasteiger partial charge in [-0.1, -0.05) is 6.92 Å². The molecule has 0 aromatic carbocycles. The number of hydrogen-bond donors (Lipinski definition) is 2. The van der Waals surface area contributed by atoms with Gasteiger partial charge in [0.05, 0.1) is 11.5 Å². The van der Waals surface area contributed by atoms with Gasteiger partial charge >= 0.3 is 5.97 Å². The summed E-state index contributed by atoms with van der Waals surface area (Å²) >= 11 is 1.56. The van der Waals surface area contributed by atoms with Crippen LogP contribution in [0.5, 0.6) is 0 Å². The fraction of sp³-hybridized carbons (Fsp3) is 0.455. The molecule has 2 N–H and O–H groups in total. The van der Waals surface area contributed by atoms with Gasteiger partial charge in [0.25, 0.3) is 5.91 Å². The molecule has 0 aliphatic carbocycles. The van der Waals surface area contributed by atoms with Crippen molar-refractivity contribution >= 4 is 23.2 Å². The number of carboxylic acids is 1. The molecule has 0 unspecified atom stereocenters. The van der Waals surface area contributed by atoms with Gasteiger partial charge in [0, 0.05) is 16.3 Å². The molecule has 0 aliphatic rings. The van der Waals surface area contributed by atoms with E-state index in [0.29, 0.717) is 5.56 Å². The summed E-state index contributed by atoms with van der Waals surface area (Å²) in [6, 6.07) is 1.82. The van der Waals surface area contributed by atoms with Crippen LogP contribution in [-0.4, -0.2) is 23.5 Å². The Hall–Kier alpha value is -1.36. The largest absolute Gasteiger partial charge is 0.481 e. The maximum atomic E-state index is 11.7. The number of rotatable bonds is 4. The summed E-state index contributed by atoms with van der Waals surface area (Å²) in [5, 5.41) is 11.3. The first kappa shape index (κ1) is 12.7.